The van der Waals surface area contributed by atoms with Crippen LogP contribution in [0.1, 0.15) is 349 Å². The van der Waals surface area contributed by atoms with Crippen molar-refractivity contribution in [2.45, 2.75) is 367 Å². The van der Waals surface area contributed by atoms with Crippen LogP contribution in [0.5, 0.6) is 0 Å². The van der Waals surface area contributed by atoms with Crippen LogP contribution in [0.15, 0.2) is 72.9 Å². The fraction of sp³-hybridized carbons (Fsp3) is 0.797. The number of ether oxygens (including phenoxy) is 4. The Hall–Kier alpha value is -3.50. The molecule has 0 amide bonds. The lowest BCUT2D eigenvalue weighted by molar-refractivity contribution is -0.161. The highest BCUT2D eigenvalue weighted by Crippen LogP contribution is 2.45. The van der Waals surface area contributed by atoms with Crippen molar-refractivity contribution in [3.63, 3.8) is 0 Å². The zero-order chi connectivity index (χ0) is 71.8. The molecule has 3 N–H and O–H groups in total. The average molecular weight is 1430 g/mol. The van der Waals surface area contributed by atoms with Gasteiger partial charge in [0.15, 0.2) is 12.2 Å². The van der Waals surface area contributed by atoms with Gasteiger partial charge in [-0.15, -0.1) is 0 Å². The lowest BCUT2D eigenvalue weighted by Crippen LogP contribution is -2.30. The van der Waals surface area contributed by atoms with Gasteiger partial charge in [0.05, 0.1) is 26.4 Å². The number of aliphatic hydroxyl groups excluding tert-OH is 1. The first kappa shape index (κ1) is 94.5. The van der Waals surface area contributed by atoms with Gasteiger partial charge in [-0.2, -0.15) is 0 Å². The van der Waals surface area contributed by atoms with Gasteiger partial charge in [-0.05, 0) is 89.9 Å². The molecule has 98 heavy (non-hydrogen) atoms. The van der Waals surface area contributed by atoms with E-state index in [1.54, 1.807) is 0 Å². The molecule has 0 fully saturated rings. The molecule has 0 aromatic heterocycles. The number of aliphatic hydroxyl groups is 1. The van der Waals surface area contributed by atoms with Crippen LogP contribution in [0.3, 0.4) is 0 Å². The summed E-state index contributed by atoms with van der Waals surface area (Å²) in [5, 5.41) is 10.6. The van der Waals surface area contributed by atoms with Crippen molar-refractivity contribution in [1.82, 2.24) is 0 Å². The van der Waals surface area contributed by atoms with Crippen LogP contribution in [0.2, 0.25) is 0 Å². The van der Waals surface area contributed by atoms with E-state index in [4.69, 9.17) is 37.0 Å². The Bertz CT molecular complexity index is 2140. The van der Waals surface area contributed by atoms with E-state index in [1.165, 1.54) is 116 Å². The molecule has 0 aliphatic heterocycles. The first-order chi connectivity index (χ1) is 47.7. The Kier molecular flexibility index (Phi) is 69.3. The minimum absolute atomic E-state index is 0.0963. The van der Waals surface area contributed by atoms with Gasteiger partial charge in [-0.25, -0.2) is 9.13 Å². The standard InChI is InChI=1S/C79H142O17P2/c1-5-9-13-17-21-25-29-33-36-40-43-47-51-55-59-63-76(81)89-69-74(95-78(83)65-61-57-53-49-45-39-32-28-24-20-16-12-8-4)71-93-97(85,86)91-67-73(80)68-92-98(87,88)94-72-75(96-79(84)66-62-58-54-50-46-42-38-35-31-27-23-19-15-11-7-3)70-90-77(82)64-60-56-52-48-44-41-37-34-30-26-22-18-14-10-6-2/h9-10,13-14,21-22,25-26,33-34,36-37,73-75,80H,5-8,11-12,15-20,23-24,27-32,35,38-72H2,1-4H3,(H,85,86)(H,87,88)/b13-9-,14-10-,25-21-,26-22-,36-33-,37-34-. The fourth-order valence-corrected chi connectivity index (χ4v) is 12.4. The van der Waals surface area contributed by atoms with E-state index in [0.717, 1.165) is 154 Å². The van der Waals surface area contributed by atoms with E-state index in [2.05, 4.69) is 101 Å². The summed E-state index contributed by atoms with van der Waals surface area (Å²) >= 11 is 0. The second kappa shape index (κ2) is 71.9. The third kappa shape index (κ3) is 70.9. The van der Waals surface area contributed by atoms with Gasteiger partial charge in [0, 0.05) is 25.7 Å². The third-order valence-corrected chi connectivity index (χ3v) is 18.6. The summed E-state index contributed by atoms with van der Waals surface area (Å²) in [6, 6.07) is 0. The second-order valence-electron chi connectivity index (χ2n) is 26.3. The lowest BCUT2D eigenvalue weighted by atomic mass is 10.0. The van der Waals surface area contributed by atoms with Crippen molar-refractivity contribution < 1.29 is 80.2 Å². The van der Waals surface area contributed by atoms with Gasteiger partial charge >= 0.3 is 39.5 Å². The summed E-state index contributed by atoms with van der Waals surface area (Å²) in [5.74, 6) is -2.18. The molecule has 5 unspecified atom stereocenters. The smallest absolute Gasteiger partial charge is 0.462 e. The monoisotopic (exact) mass is 1420 g/mol. The maximum absolute atomic E-state index is 13.1. The van der Waals surface area contributed by atoms with Crippen molar-refractivity contribution in [2.75, 3.05) is 39.6 Å². The molecule has 17 nitrogen and oxygen atoms in total. The number of carbonyl (C=O) groups is 4. The van der Waals surface area contributed by atoms with Gasteiger partial charge in [-0.3, -0.25) is 37.3 Å². The number of rotatable bonds is 74. The maximum atomic E-state index is 13.1. The average Bonchev–Trinajstić information content (AvgIpc) is 0.959. The minimum atomic E-state index is -4.97. The van der Waals surface area contributed by atoms with Gasteiger partial charge in [0.25, 0.3) is 0 Å². The summed E-state index contributed by atoms with van der Waals surface area (Å²) in [6.07, 6.45) is 71.7. The largest absolute Gasteiger partial charge is 0.472 e. The molecule has 0 spiro atoms. The van der Waals surface area contributed by atoms with Crippen LogP contribution < -0.4 is 0 Å². The van der Waals surface area contributed by atoms with E-state index in [-0.39, 0.29) is 25.7 Å². The second-order valence-corrected chi connectivity index (χ2v) is 29.2. The summed E-state index contributed by atoms with van der Waals surface area (Å²) in [4.78, 5) is 72.9. The Morgan fingerprint density at radius 2 is 0.531 bits per heavy atom. The molecule has 570 valence electrons. The zero-order valence-electron chi connectivity index (χ0n) is 62.2. The molecule has 0 heterocycles. The van der Waals surface area contributed by atoms with Crippen molar-refractivity contribution in [2.24, 2.45) is 0 Å². The molecule has 0 saturated carbocycles. The normalized spacial score (nSPS) is 14.3. The molecule has 0 radical (unpaired) electrons. The fourth-order valence-electron chi connectivity index (χ4n) is 10.8. The lowest BCUT2D eigenvalue weighted by Gasteiger charge is -2.21. The van der Waals surface area contributed by atoms with Crippen molar-refractivity contribution >= 4 is 39.5 Å². The van der Waals surface area contributed by atoms with Crippen LogP contribution in [0.25, 0.3) is 0 Å². The predicted octanol–water partition coefficient (Wildman–Crippen LogP) is 22.4. The molecule has 19 heteroatoms. The highest BCUT2D eigenvalue weighted by atomic mass is 31.2. The first-order valence-electron chi connectivity index (χ1n) is 39.2. The van der Waals surface area contributed by atoms with Crippen LogP contribution in [-0.4, -0.2) is 96.7 Å². The quantitative estimate of drug-likeness (QED) is 0.0169. The molecule has 0 aromatic carbocycles. The number of esters is 4. The van der Waals surface area contributed by atoms with Gasteiger partial charge in [0.2, 0.25) is 0 Å². The number of allylic oxidation sites excluding steroid dienone is 12. The summed E-state index contributed by atoms with van der Waals surface area (Å²) in [6.45, 7) is 4.68. The molecule has 0 bridgehead atoms. The van der Waals surface area contributed by atoms with E-state index in [0.29, 0.717) is 25.7 Å². The number of phosphoric ester groups is 2. The van der Waals surface area contributed by atoms with Crippen LogP contribution in [-0.2, 0) is 65.4 Å². The number of unbranched alkanes of at least 4 members (excludes halogenated alkanes) is 36. The summed E-state index contributed by atoms with van der Waals surface area (Å²) < 4.78 is 68.5. The summed E-state index contributed by atoms with van der Waals surface area (Å²) in [7, 11) is -9.94. The number of phosphoric acid groups is 2. The first-order valence-corrected chi connectivity index (χ1v) is 42.2. The third-order valence-electron chi connectivity index (χ3n) is 16.7. The van der Waals surface area contributed by atoms with Crippen LogP contribution in [0, 0.1) is 0 Å². The Morgan fingerprint density at radius 1 is 0.296 bits per heavy atom. The molecular weight excluding hydrogens is 1280 g/mol. The van der Waals surface area contributed by atoms with E-state index in [1.807, 2.05) is 0 Å². The molecular formula is C79H142O17P2. The maximum Gasteiger partial charge on any atom is 0.472 e. The predicted molar refractivity (Wildman–Crippen MR) is 400 cm³/mol. The molecule has 5 atom stereocenters. The minimum Gasteiger partial charge on any atom is -0.462 e. The topological polar surface area (TPSA) is 237 Å². The van der Waals surface area contributed by atoms with Gasteiger partial charge in [0.1, 0.15) is 19.3 Å². The Labute approximate surface area is 596 Å². The van der Waals surface area contributed by atoms with Crippen molar-refractivity contribution in [3.8, 4) is 0 Å². The molecule has 0 aliphatic carbocycles. The van der Waals surface area contributed by atoms with Crippen LogP contribution >= 0.6 is 15.6 Å². The van der Waals surface area contributed by atoms with Crippen molar-refractivity contribution in [1.29, 1.82) is 0 Å². The molecule has 0 aromatic rings. The Balaban J connectivity index is 5.33. The highest BCUT2D eigenvalue weighted by Gasteiger charge is 2.30. The molecule has 0 aliphatic rings. The van der Waals surface area contributed by atoms with E-state index >= 15 is 0 Å². The zero-order valence-corrected chi connectivity index (χ0v) is 64.0. The Morgan fingerprint density at radius 3 is 0.816 bits per heavy atom. The van der Waals surface area contributed by atoms with Gasteiger partial charge < -0.3 is 33.8 Å². The molecule has 0 rings (SSSR count). The number of carbonyl (C=O) groups excluding carboxylic acids is 4. The number of hydrogen-bond acceptors (Lipinski definition) is 15. The van der Waals surface area contributed by atoms with E-state index in [9.17, 15) is 43.2 Å². The summed E-state index contributed by atoms with van der Waals surface area (Å²) in [5.41, 5.74) is 0. The van der Waals surface area contributed by atoms with Crippen LogP contribution in [0.4, 0.5) is 0 Å². The molecule has 0 saturated heterocycles. The highest BCUT2D eigenvalue weighted by molar-refractivity contribution is 7.47. The van der Waals surface area contributed by atoms with Crippen molar-refractivity contribution in [3.05, 3.63) is 72.9 Å². The number of hydrogen-bond donors (Lipinski definition) is 3. The SMILES string of the molecule is CC/C=C\C/C=C\C/C=C\CCCCCCCC(=O)OCC(COP(=O)(O)OCC(O)COP(=O)(O)OCC(COC(=O)CCCCCCC/C=C\C/C=C\C/C=C\CC)OC(=O)CCCCCCCCCCCCCCCCC)OC(=O)CCCCCCCCCCCCCCC. The van der Waals surface area contributed by atoms with Gasteiger partial charge in [-0.1, -0.05) is 306 Å². The van der Waals surface area contributed by atoms with E-state index < -0.39 is 97.5 Å².